The quantitative estimate of drug-likeness (QED) is 0.799. The molecule has 0 amide bonds. The molecule has 0 aliphatic heterocycles. The second-order valence-corrected chi connectivity index (χ2v) is 5.38. The van der Waals surface area contributed by atoms with E-state index in [0.29, 0.717) is 5.92 Å². The molecule has 0 bridgehead atoms. The van der Waals surface area contributed by atoms with Crippen molar-refractivity contribution in [3.63, 3.8) is 0 Å². The lowest BCUT2D eigenvalue weighted by atomic mass is 9.85. The van der Waals surface area contributed by atoms with Crippen LogP contribution in [0.5, 0.6) is 0 Å². The average molecular weight is 219 g/mol. The second-order valence-electron chi connectivity index (χ2n) is 5.38. The van der Waals surface area contributed by atoms with Crippen LogP contribution >= 0.6 is 0 Å². The largest absolute Gasteiger partial charge is 0.325 e. The zero-order valence-electron chi connectivity index (χ0n) is 11.1. The maximum Gasteiger partial charge on any atom is 0.0138 e. The maximum atomic E-state index is 6.12. The highest BCUT2D eigenvalue weighted by atomic mass is 14.7. The van der Waals surface area contributed by atoms with Gasteiger partial charge in [0.05, 0.1) is 0 Å². The summed E-state index contributed by atoms with van der Waals surface area (Å²) in [6, 6.07) is 8.74. The van der Waals surface area contributed by atoms with E-state index < -0.39 is 0 Å². The van der Waals surface area contributed by atoms with Crippen LogP contribution in [0, 0.1) is 0 Å². The van der Waals surface area contributed by atoms with Crippen molar-refractivity contribution in [2.45, 2.75) is 58.4 Å². The molecule has 0 aromatic heterocycles. The minimum absolute atomic E-state index is 0.123. The second kappa shape index (κ2) is 5.49. The Morgan fingerprint density at radius 1 is 1.12 bits per heavy atom. The van der Waals surface area contributed by atoms with E-state index in [2.05, 4.69) is 52.0 Å². The molecule has 1 aromatic rings. The molecule has 0 atom stereocenters. The van der Waals surface area contributed by atoms with Crippen LogP contribution in [0.4, 0.5) is 0 Å². The minimum atomic E-state index is -0.123. The fourth-order valence-corrected chi connectivity index (χ4v) is 2.31. The fraction of sp³-hybridized carbons (Fsp3) is 0.600. The number of rotatable bonds is 5. The molecule has 0 fully saturated rings. The summed E-state index contributed by atoms with van der Waals surface area (Å²) >= 11 is 0. The van der Waals surface area contributed by atoms with E-state index in [9.17, 15) is 0 Å². The number of benzene rings is 1. The van der Waals surface area contributed by atoms with Crippen molar-refractivity contribution in [3.8, 4) is 0 Å². The lowest BCUT2D eigenvalue weighted by molar-refractivity contribution is 0.509. The lowest BCUT2D eigenvalue weighted by Crippen LogP contribution is -2.34. The van der Waals surface area contributed by atoms with Gasteiger partial charge in [-0.1, -0.05) is 38.1 Å². The van der Waals surface area contributed by atoms with E-state index in [1.165, 1.54) is 24.0 Å². The van der Waals surface area contributed by atoms with E-state index in [4.69, 9.17) is 5.73 Å². The molecule has 1 rings (SSSR count). The summed E-state index contributed by atoms with van der Waals surface area (Å²) < 4.78 is 0. The molecule has 1 heteroatoms. The minimum Gasteiger partial charge on any atom is -0.325 e. The normalized spacial score (nSPS) is 12.1. The standard InChI is InChI=1S/C15H25N/c1-5-12(6-2)14-10-8-7-9-13(14)11-15(3,4)16/h7-10,12H,5-6,11,16H2,1-4H3. The van der Waals surface area contributed by atoms with Crippen LogP contribution in [0.2, 0.25) is 0 Å². The van der Waals surface area contributed by atoms with Gasteiger partial charge in [0.15, 0.2) is 0 Å². The van der Waals surface area contributed by atoms with E-state index in [1.54, 1.807) is 0 Å². The van der Waals surface area contributed by atoms with E-state index in [0.717, 1.165) is 6.42 Å². The van der Waals surface area contributed by atoms with Crippen LogP contribution in [0.25, 0.3) is 0 Å². The molecule has 1 aromatic carbocycles. The predicted molar refractivity (Wildman–Crippen MR) is 71.7 cm³/mol. The molecule has 1 nitrogen and oxygen atoms in total. The first-order chi connectivity index (χ1) is 7.48. The van der Waals surface area contributed by atoms with Gasteiger partial charge >= 0.3 is 0 Å². The Balaban J connectivity index is 3.00. The Hall–Kier alpha value is -0.820. The van der Waals surface area contributed by atoms with Crippen molar-refractivity contribution in [1.29, 1.82) is 0 Å². The highest BCUT2D eigenvalue weighted by molar-refractivity contribution is 5.31. The van der Waals surface area contributed by atoms with E-state index in [-0.39, 0.29) is 5.54 Å². The summed E-state index contributed by atoms with van der Waals surface area (Å²) in [6.07, 6.45) is 3.37. The summed E-state index contributed by atoms with van der Waals surface area (Å²) in [5.41, 5.74) is 8.91. The van der Waals surface area contributed by atoms with Crippen LogP contribution < -0.4 is 5.73 Å². The summed E-state index contributed by atoms with van der Waals surface area (Å²) in [6.45, 7) is 8.71. The molecule has 0 saturated carbocycles. The molecule has 0 radical (unpaired) electrons. The number of hydrogen-bond acceptors (Lipinski definition) is 1. The van der Waals surface area contributed by atoms with E-state index >= 15 is 0 Å². The SMILES string of the molecule is CCC(CC)c1ccccc1CC(C)(C)N. The summed E-state index contributed by atoms with van der Waals surface area (Å²) in [5.74, 6) is 0.679. The van der Waals surface area contributed by atoms with Crippen molar-refractivity contribution >= 4 is 0 Å². The Morgan fingerprint density at radius 2 is 1.69 bits per heavy atom. The Kier molecular flexibility index (Phi) is 4.55. The topological polar surface area (TPSA) is 26.0 Å². The van der Waals surface area contributed by atoms with Crippen LogP contribution in [0.15, 0.2) is 24.3 Å². The van der Waals surface area contributed by atoms with Crippen molar-refractivity contribution in [3.05, 3.63) is 35.4 Å². The average Bonchev–Trinajstić information content (AvgIpc) is 2.20. The third-order valence-electron chi connectivity index (χ3n) is 3.13. The van der Waals surface area contributed by atoms with E-state index in [1.807, 2.05) is 0 Å². The van der Waals surface area contributed by atoms with Crippen LogP contribution in [0.3, 0.4) is 0 Å². The molecule has 0 aliphatic rings. The van der Waals surface area contributed by atoms with Gasteiger partial charge in [-0.3, -0.25) is 0 Å². The summed E-state index contributed by atoms with van der Waals surface area (Å²) in [7, 11) is 0. The Bertz CT molecular complexity index is 318. The van der Waals surface area contributed by atoms with Crippen molar-refractivity contribution in [2.24, 2.45) is 5.73 Å². The highest BCUT2D eigenvalue weighted by Crippen LogP contribution is 2.27. The molecule has 0 unspecified atom stereocenters. The molecule has 16 heavy (non-hydrogen) atoms. The first kappa shape index (κ1) is 13.2. The third kappa shape index (κ3) is 3.64. The molecule has 90 valence electrons. The van der Waals surface area contributed by atoms with Crippen molar-refractivity contribution in [2.75, 3.05) is 0 Å². The van der Waals surface area contributed by atoms with Crippen molar-refractivity contribution < 1.29 is 0 Å². The molecule has 0 saturated heterocycles. The molecular weight excluding hydrogens is 194 g/mol. The lowest BCUT2D eigenvalue weighted by Gasteiger charge is -2.23. The van der Waals surface area contributed by atoms with Gasteiger partial charge in [0.2, 0.25) is 0 Å². The van der Waals surface area contributed by atoms with Gasteiger partial charge in [0.1, 0.15) is 0 Å². The maximum absolute atomic E-state index is 6.12. The monoisotopic (exact) mass is 219 g/mol. The first-order valence-electron chi connectivity index (χ1n) is 6.34. The summed E-state index contributed by atoms with van der Waals surface area (Å²) in [5, 5.41) is 0. The van der Waals surface area contributed by atoms with Gasteiger partial charge in [-0.15, -0.1) is 0 Å². The van der Waals surface area contributed by atoms with Gasteiger partial charge in [-0.05, 0) is 50.2 Å². The van der Waals surface area contributed by atoms with Crippen molar-refractivity contribution in [1.82, 2.24) is 0 Å². The molecule has 0 aliphatic carbocycles. The Labute approximate surface area is 100 Å². The first-order valence-corrected chi connectivity index (χ1v) is 6.34. The Morgan fingerprint density at radius 3 is 2.19 bits per heavy atom. The van der Waals surface area contributed by atoms with Gasteiger partial charge in [0.25, 0.3) is 0 Å². The van der Waals surface area contributed by atoms with Gasteiger partial charge in [0, 0.05) is 5.54 Å². The molecule has 2 N–H and O–H groups in total. The smallest absolute Gasteiger partial charge is 0.0138 e. The van der Waals surface area contributed by atoms with Crippen LogP contribution in [-0.2, 0) is 6.42 Å². The van der Waals surface area contributed by atoms with Gasteiger partial charge in [-0.25, -0.2) is 0 Å². The van der Waals surface area contributed by atoms with Crippen LogP contribution in [0.1, 0.15) is 57.6 Å². The summed E-state index contributed by atoms with van der Waals surface area (Å²) in [4.78, 5) is 0. The van der Waals surface area contributed by atoms with Gasteiger partial charge < -0.3 is 5.73 Å². The number of hydrogen-bond donors (Lipinski definition) is 1. The predicted octanol–water partition coefficient (Wildman–Crippen LogP) is 3.87. The van der Waals surface area contributed by atoms with Crippen LogP contribution in [-0.4, -0.2) is 5.54 Å². The molecular formula is C15H25N. The third-order valence-corrected chi connectivity index (χ3v) is 3.13. The highest BCUT2D eigenvalue weighted by Gasteiger charge is 2.17. The molecule has 0 heterocycles. The number of nitrogens with two attached hydrogens (primary N) is 1. The zero-order valence-corrected chi connectivity index (χ0v) is 11.1. The fourth-order valence-electron chi connectivity index (χ4n) is 2.31. The van der Waals surface area contributed by atoms with Gasteiger partial charge in [-0.2, -0.15) is 0 Å². The molecule has 0 spiro atoms. The zero-order chi connectivity index (χ0) is 12.2.